The lowest BCUT2D eigenvalue weighted by molar-refractivity contribution is 0.232. The highest BCUT2D eigenvalue weighted by Gasteiger charge is 2.09. The number of piperidine rings is 1. The first kappa shape index (κ1) is 9.01. The topological polar surface area (TPSA) is 3.24 Å². The Labute approximate surface area is 81.1 Å². The van der Waals surface area contributed by atoms with Gasteiger partial charge in [-0.05, 0) is 38.8 Å². The zero-order chi connectivity index (χ0) is 8.93. The molecule has 2 aliphatic rings. The third-order valence-corrected chi connectivity index (χ3v) is 3.01. The van der Waals surface area contributed by atoms with Crippen molar-refractivity contribution in [2.24, 2.45) is 0 Å². The third kappa shape index (κ3) is 2.70. The van der Waals surface area contributed by atoms with E-state index < -0.39 is 0 Å². The molecule has 2 rings (SSSR count). The van der Waals surface area contributed by atoms with Crippen molar-refractivity contribution in [2.45, 2.75) is 32.1 Å². The second kappa shape index (κ2) is 4.61. The summed E-state index contributed by atoms with van der Waals surface area (Å²) in [6.45, 7) is 3.93. The van der Waals surface area contributed by atoms with Gasteiger partial charge in [-0.2, -0.15) is 0 Å². The summed E-state index contributed by atoms with van der Waals surface area (Å²) in [7, 11) is 0. The average molecular weight is 177 g/mol. The van der Waals surface area contributed by atoms with Crippen molar-refractivity contribution in [3.05, 3.63) is 23.8 Å². The number of nitrogens with zero attached hydrogens (tertiary/aromatic N) is 1. The smallest absolute Gasteiger partial charge is 0.00217 e. The Hall–Kier alpha value is -0.560. The minimum Gasteiger partial charge on any atom is -0.303 e. The maximum Gasteiger partial charge on any atom is 0.00217 e. The van der Waals surface area contributed by atoms with Gasteiger partial charge in [0.2, 0.25) is 0 Å². The van der Waals surface area contributed by atoms with Crippen molar-refractivity contribution < 1.29 is 0 Å². The van der Waals surface area contributed by atoms with Crippen LogP contribution in [0.2, 0.25) is 0 Å². The number of likely N-dealkylation sites (tertiary alicyclic amines) is 1. The predicted molar refractivity (Wildman–Crippen MR) is 56.7 cm³/mol. The summed E-state index contributed by atoms with van der Waals surface area (Å²) in [5.41, 5.74) is 1.55. The molecule has 1 nitrogen and oxygen atoms in total. The first-order chi connectivity index (χ1) is 6.45. The van der Waals surface area contributed by atoms with Gasteiger partial charge in [-0.3, -0.25) is 0 Å². The molecule has 1 saturated heterocycles. The van der Waals surface area contributed by atoms with Gasteiger partial charge in [-0.1, -0.05) is 30.2 Å². The normalized spacial score (nSPS) is 23.5. The highest BCUT2D eigenvalue weighted by molar-refractivity contribution is 5.25. The van der Waals surface area contributed by atoms with Crippen LogP contribution < -0.4 is 0 Å². The van der Waals surface area contributed by atoms with Crippen molar-refractivity contribution >= 4 is 0 Å². The Morgan fingerprint density at radius 3 is 2.69 bits per heavy atom. The quantitative estimate of drug-likeness (QED) is 0.640. The summed E-state index contributed by atoms with van der Waals surface area (Å²) in [6.07, 6.45) is 13.6. The maximum absolute atomic E-state index is 2.61. The van der Waals surface area contributed by atoms with Gasteiger partial charge in [0.05, 0.1) is 0 Å². The highest BCUT2D eigenvalue weighted by atomic mass is 15.1. The van der Waals surface area contributed by atoms with Gasteiger partial charge >= 0.3 is 0 Å². The summed E-state index contributed by atoms with van der Waals surface area (Å²) < 4.78 is 0. The molecule has 72 valence electrons. The molecule has 0 atom stereocenters. The van der Waals surface area contributed by atoms with Crippen LogP contribution in [-0.2, 0) is 0 Å². The van der Waals surface area contributed by atoms with E-state index in [2.05, 4.69) is 23.1 Å². The first-order valence-electron chi connectivity index (χ1n) is 5.53. The molecule has 1 heteroatoms. The SMILES string of the molecule is C1=CC(CCN2CCCCC2)=CC1. The van der Waals surface area contributed by atoms with Crippen molar-refractivity contribution in [1.82, 2.24) is 4.90 Å². The van der Waals surface area contributed by atoms with Gasteiger partial charge in [0.25, 0.3) is 0 Å². The van der Waals surface area contributed by atoms with Gasteiger partial charge in [0.1, 0.15) is 0 Å². The van der Waals surface area contributed by atoms with Crippen molar-refractivity contribution in [3.63, 3.8) is 0 Å². The van der Waals surface area contributed by atoms with Gasteiger partial charge in [-0.25, -0.2) is 0 Å². The number of allylic oxidation sites excluding steroid dienone is 3. The zero-order valence-corrected chi connectivity index (χ0v) is 8.34. The molecule has 0 amide bonds. The molecule has 1 heterocycles. The Balaban J connectivity index is 1.69. The summed E-state index contributed by atoms with van der Waals surface area (Å²) in [4.78, 5) is 2.61. The standard InChI is InChI=1S/C12H19N/c1-4-9-13(10-5-1)11-8-12-6-2-3-7-12/h2,6-7H,1,3-5,8-11H2. The van der Waals surface area contributed by atoms with Gasteiger partial charge < -0.3 is 4.90 Å². The predicted octanol–water partition coefficient (Wildman–Crippen LogP) is 2.75. The molecule has 0 unspecified atom stereocenters. The Morgan fingerprint density at radius 2 is 2.00 bits per heavy atom. The largest absolute Gasteiger partial charge is 0.303 e. The molecule has 0 spiro atoms. The number of rotatable bonds is 3. The minimum absolute atomic E-state index is 1.16. The van der Waals surface area contributed by atoms with E-state index in [-0.39, 0.29) is 0 Å². The highest BCUT2D eigenvalue weighted by Crippen LogP contribution is 2.15. The number of hydrogen-bond donors (Lipinski definition) is 0. The van der Waals surface area contributed by atoms with Crippen molar-refractivity contribution in [2.75, 3.05) is 19.6 Å². The number of hydrogen-bond acceptors (Lipinski definition) is 1. The minimum atomic E-state index is 1.16. The van der Waals surface area contributed by atoms with E-state index in [9.17, 15) is 0 Å². The van der Waals surface area contributed by atoms with Crippen molar-refractivity contribution in [1.29, 1.82) is 0 Å². The fourth-order valence-corrected chi connectivity index (χ4v) is 2.16. The van der Waals surface area contributed by atoms with E-state index in [0.29, 0.717) is 0 Å². The summed E-state index contributed by atoms with van der Waals surface area (Å²) in [5.74, 6) is 0. The van der Waals surface area contributed by atoms with E-state index in [1.54, 1.807) is 5.57 Å². The molecular formula is C12H19N. The Kier molecular flexibility index (Phi) is 3.20. The van der Waals surface area contributed by atoms with E-state index in [1.165, 1.54) is 45.3 Å². The van der Waals surface area contributed by atoms with Crippen LogP contribution in [0.4, 0.5) is 0 Å². The third-order valence-electron chi connectivity index (χ3n) is 3.01. The summed E-state index contributed by atoms with van der Waals surface area (Å²) >= 11 is 0. The average Bonchev–Trinajstić information content (AvgIpc) is 2.69. The lowest BCUT2D eigenvalue weighted by Gasteiger charge is -2.26. The summed E-state index contributed by atoms with van der Waals surface area (Å²) in [6, 6.07) is 0. The van der Waals surface area contributed by atoms with E-state index in [0.717, 1.165) is 6.42 Å². The monoisotopic (exact) mass is 177 g/mol. The molecule has 0 radical (unpaired) electrons. The lowest BCUT2D eigenvalue weighted by Crippen LogP contribution is -2.30. The van der Waals surface area contributed by atoms with Crippen LogP contribution in [0.1, 0.15) is 32.1 Å². The van der Waals surface area contributed by atoms with Crippen LogP contribution in [0, 0.1) is 0 Å². The van der Waals surface area contributed by atoms with Crippen LogP contribution in [0.5, 0.6) is 0 Å². The van der Waals surface area contributed by atoms with Gasteiger partial charge in [-0.15, -0.1) is 0 Å². The van der Waals surface area contributed by atoms with Gasteiger partial charge in [0, 0.05) is 6.54 Å². The molecule has 0 N–H and O–H groups in total. The van der Waals surface area contributed by atoms with Crippen LogP contribution in [0.3, 0.4) is 0 Å². The second-order valence-corrected chi connectivity index (χ2v) is 4.07. The molecule has 1 aliphatic heterocycles. The lowest BCUT2D eigenvalue weighted by atomic mass is 10.1. The van der Waals surface area contributed by atoms with E-state index in [4.69, 9.17) is 0 Å². The van der Waals surface area contributed by atoms with Crippen LogP contribution >= 0.6 is 0 Å². The molecule has 0 bridgehead atoms. The zero-order valence-electron chi connectivity index (χ0n) is 8.34. The first-order valence-corrected chi connectivity index (χ1v) is 5.53. The van der Waals surface area contributed by atoms with Gasteiger partial charge in [0.15, 0.2) is 0 Å². The molecule has 0 aromatic heterocycles. The van der Waals surface area contributed by atoms with Crippen molar-refractivity contribution in [3.8, 4) is 0 Å². The molecule has 0 saturated carbocycles. The molecule has 0 aromatic rings. The molecule has 13 heavy (non-hydrogen) atoms. The Morgan fingerprint density at radius 1 is 1.15 bits per heavy atom. The van der Waals surface area contributed by atoms with E-state index >= 15 is 0 Å². The van der Waals surface area contributed by atoms with Crippen LogP contribution in [-0.4, -0.2) is 24.5 Å². The fourth-order valence-electron chi connectivity index (χ4n) is 2.16. The maximum atomic E-state index is 2.61. The molecule has 1 aliphatic carbocycles. The summed E-state index contributed by atoms with van der Waals surface area (Å²) in [5, 5.41) is 0. The molecule has 1 fully saturated rings. The van der Waals surface area contributed by atoms with Crippen LogP contribution in [0.15, 0.2) is 23.8 Å². The molecular weight excluding hydrogens is 158 g/mol. The van der Waals surface area contributed by atoms with Crippen LogP contribution in [0.25, 0.3) is 0 Å². The van der Waals surface area contributed by atoms with E-state index in [1.807, 2.05) is 0 Å². The molecule has 0 aromatic carbocycles. The second-order valence-electron chi connectivity index (χ2n) is 4.07. The fraction of sp³-hybridized carbons (Fsp3) is 0.667. The Bertz CT molecular complexity index is 209.